The van der Waals surface area contributed by atoms with Gasteiger partial charge in [0, 0.05) is 56.4 Å². The van der Waals surface area contributed by atoms with Gasteiger partial charge in [0.1, 0.15) is 0 Å². The molecule has 5 rings (SSSR count). The van der Waals surface area contributed by atoms with Crippen molar-refractivity contribution in [1.82, 2.24) is 19.5 Å². The second-order valence-electron chi connectivity index (χ2n) is 8.40. The summed E-state index contributed by atoms with van der Waals surface area (Å²) in [6.07, 6.45) is -1.47. The lowest BCUT2D eigenvalue weighted by molar-refractivity contribution is -0.170. The number of pyridine rings is 1. The Labute approximate surface area is 205 Å². The number of carbonyl (C=O) groups excluding carboxylic acids is 1. The van der Waals surface area contributed by atoms with Gasteiger partial charge in [-0.25, -0.2) is 8.42 Å². The largest absolute Gasteiger partial charge is 0.471 e. The Morgan fingerprint density at radius 1 is 0.944 bits per heavy atom. The summed E-state index contributed by atoms with van der Waals surface area (Å²) < 4.78 is 66.3. The van der Waals surface area contributed by atoms with Crippen molar-refractivity contribution in [3.8, 4) is 11.3 Å². The molecule has 0 radical (unpaired) electrons. The highest BCUT2D eigenvalue weighted by atomic mass is 32.2. The van der Waals surface area contributed by atoms with E-state index in [1.807, 2.05) is 29.2 Å². The van der Waals surface area contributed by atoms with E-state index in [0.717, 1.165) is 5.56 Å². The van der Waals surface area contributed by atoms with Gasteiger partial charge in [0.2, 0.25) is 10.0 Å². The summed E-state index contributed by atoms with van der Waals surface area (Å²) in [5.74, 6) is -1.32. The standard InChI is InChI=1S/C23H21F3N6O3S/c24-23(25,26)22(33)32-9-7-16-14-18(3-5-20(16)32)36(34,35)31-12-10-30(11-13-31)21-6-4-19(28-29-21)17-2-1-8-27-15-17/h1-6,8,14-15H,7,9-13H2. The number of piperazine rings is 1. The smallest absolute Gasteiger partial charge is 0.352 e. The summed E-state index contributed by atoms with van der Waals surface area (Å²) in [7, 11) is -3.86. The average molecular weight is 519 g/mol. The molecule has 3 aromatic rings. The second kappa shape index (κ2) is 9.13. The van der Waals surface area contributed by atoms with Gasteiger partial charge in [0.05, 0.1) is 10.6 Å². The Bertz CT molecular complexity index is 1380. The number of alkyl halides is 3. The topological polar surface area (TPSA) is 99.6 Å². The van der Waals surface area contributed by atoms with Crippen molar-refractivity contribution < 1.29 is 26.4 Å². The number of benzene rings is 1. The van der Waals surface area contributed by atoms with E-state index >= 15 is 0 Å². The average Bonchev–Trinajstić information content (AvgIpc) is 3.31. The number of sulfonamides is 1. The summed E-state index contributed by atoms with van der Waals surface area (Å²) in [4.78, 5) is 18.3. The molecule has 0 spiro atoms. The van der Waals surface area contributed by atoms with Crippen molar-refractivity contribution in [3.63, 3.8) is 0 Å². The van der Waals surface area contributed by atoms with E-state index in [-0.39, 0.29) is 36.6 Å². The Morgan fingerprint density at radius 3 is 2.36 bits per heavy atom. The highest BCUT2D eigenvalue weighted by Crippen LogP contribution is 2.34. The summed E-state index contributed by atoms with van der Waals surface area (Å²) in [5, 5.41) is 8.51. The van der Waals surface area contributed by atoms with Crippen molar-refractivity contribution in [2.45, 2.75) is 17.5 Å². The molecule has 36 heavy (non-hydrogen) atoms. The zero-order chi connectivity index (χ0) is 25.5. The molecule has 4 heterocycles. The van der Waals surface area contributed by atoms with Gasteiger partial charge < -0.3 is 9.80 Å². The van der Waals surface area contributed by atoms with Crippen LogP contribution in [0.3, 0.4) is 0 Å². The molecule has 0 aliphatic carbocycles. The predicted octanol–water partition coefficient (Wildman–Crippen LogP) is 2.50. The highest BCUT2D eigenvalue weighted by Gasteiger charge is 2.45. The van der Waals surface area contributed by atoms with Crippen LogP contribution in [0, 0.1) is 0 Å². The van der Waals surface area contributed by atoms with Crippen LogP contribution in [0.25, 0.3) is 11.3 Å². The number of hydrogen-bond donors (Lipinski definition) is 0. The highest BCUT2D eigenvalue weighted by molar-refractivity contribution is 7.89. The fraction of sp³-hybridized carbons (Fsp3) is 0.304. The van der Waals surface area contributed by atoms with Crippen LogP contribution in [0.1, 0.15) is 5.56 Å². The maximum Gasteiger partial charge on any atom is 0.471 e. The van der Waals surface area contributed by atoms with Crippen LogP contribution in [0.5, 0.6) is 0 Å². The molecule has 0 unspecified atom stereocenters. The van der Waals surface area contributed by atoms with E-state index in [2.05, 4.69) is 15.2 Å². The maximum absolute atomic E-state index is 13.2. The third-order valence-corrected chi connectivity index (χ3v) is 8.14. The van der Waals surface area contributed by atoms with Gasteiger partial charge in [-0.2, -0.15) is 17.5 Å². The first kappa shape index (κ1) is 24.1. The zero-order valence-electron chi connectivity index (χ0n) is 18.9. The first-order valence-corrected chi connectivity index (χ1v) is 12.6. The van der Waals surface area contributed by atoms with Gasteiger partial charge >= 0.3 is 12.1 Å². The molecule has 1 saturated heterocycles. The molecule has 2 aliphatic rings. The number of carbonyl (C=O) groups is 1. The molecule has 1 aromatic carbocycles. The minimum atomic E-state index is -4.99. The first-order chi connectivity index (χ1) is 17.1. The molecule has 13 heteroatoms. The molecule has 0 N–H and O–H groups in total. The van der Waals surface area contributed by atoms with Gasteiger partial charge in [0.25, 0.3) is 0 Å². The van der Waals surface area contributed by atoms with E-state index in [9.17, 15) is 26.4 Å². The molecule has 1 amide bonds. The monoisotopic (exact) mass is 518 g/mol. The van der Waals surface area contributed by atoms with Crippen LogP contribution in [0.2, 0.25) is 0 Å². The molecule has 188 valence electrons. The van der Waals surface area contributed by atoms with E-state index in [4.69, 9.17) is 0 Å². The van der Waals surface area contributed by atoms with Crippen molar-refractivity contribution in [2.75, 3.05) is 42.5 Å². The SMILES string of the molecule is O=C(N1CCc2cc(S(=O)(=O)N3CCN(c4ccc(-c5cccnc5)nn4)CC3)ccc21)C(F)(F)F. The van der Waals surface area contributed by atoms with E-state index in [1.54, 1.807) is 12.4 Å². The lowest BCUT2D eigenvalue weighted by Crippen LogP contribution is -2.49. The van der Waals surface area contributed by atoms with Gasteiger partial charge in [-0.05, 0) is 54.4 Å². The summed E-state index contributed by atoms with van der Waals surface area (Å²) in [6, 6.07) is 11.2. The van der Waals surface area contributed by atoms with Gasteiger partial charge in [-0.15, -0.1) is 10.2 Å². The number of anilines is 2. The van der Waals surface area contributed by atoms with Gasteiger partial charge in [-0.3, -0.25) is 9.78 Å². The number of halogens is 3. The van der Waals surface area contributed by atoms with Gasteiger partial charge in [-0.1, -0.05) is 0 Å². The minimum absolute atomic E-state index is 0.00313. The second-order valence-corrected chi connectivity index (χ2v) is 10.3. The van der Waals surface area contributed by atoms with E-state index in [1.165, 1.54) is 22.5 Å². The fourth-order valence-corrected chi connectivity index (χ4v) is 5.84. The van der Waals surface area contributed by atoms with Crippen molar-refractivity contribution >= 4 is 27.4 Å². The lowest BCUT2D eigenvalue weighted by Gasteiger charge is -2.34. The molecule has 0 bridgehead atoms. The summed E-state index contributed by atoms with van der Waals surface area (Å²) in [5.41, 5.74) is 2.01. The Hall–Kier alpha value is -3.58. The number of rotatable bonds is 4. The quantitative estimate of drug-likeness (QED) is 0.523. The third-order valence-electron chi connectivity index (χ3n) is 6.24. The zero-order valence-corrected chi connectivity index (χ0v) is 19.7. The normalized spacial score (nSPS) is 16.8. The van der Waals surface area contributed by atoms with Gasteiger partial charge in [0.15, 0.2) is 5.82 Å². The van der Waals surface area contributed by atoms with Crippen molar-refractivity contribution in [3.05, 3.63) is 60.4 Å². The lowest BCUT2D eigenvalue weighted by atomic mass is 10.2. The van der Waals surface area contributed by atoms with Crippen LogP contribution in [-0.4, -0.2) is 72.7 Å². The van der Waals surface area contributed by atoms with E-state index < -0.39 is 22.1 Å². The van der Waals surface area contributed by atoms with Crippen LogP contribution in [0.15, 0.2) is 59.8 Å². The molecule has 9 nitrogen and oxygen atoms in total. The van der Waals surface area contributed by atoms with Crippen molar-refractivity contribution in [1.29, 1.82) is 0 Å². The van der Waals surface area contributed by atoms with Crippen molar-refractivity contribution in [2.24, 2.45) is 0 Å². The minimum Gasteiger partial charge on any atom is -0.352 e. The number of hydrogen-bond acceptors (Lipinski definition) is 7. The summed E-state index contributed by atoms with van der Waals surface area (Å²) in [6.45, 7) is 1.09. The first-order valence-electron chi connectivity index (χ1n) is 11.2. The maximum atomic E-state index is 13.2. The number of nitrogens with zero attached hydrogens (tertiary/aromatic N) is 6. The predicted molar refractivity (Wildman–Crippen MR) is 125 cm³/mol. The van der Waals surface area contributed by atoms with Crippen LogP contribution < -0.4 is 9.80 Å². The number of amides is 1. The molecular weight excluding hydrogens is 497 g/mol. The Kier molecular flexibility index (Phi) is 6.12. The molecule has 1 fully saturated rings. The Morgan fingerprint density at radius 2 is 1.72 bits per heavy atom. The third kappa shape index (κ3) is 4.51. The number of fused-ring (bicyclic) bond motifs is 1. The van der Waals surface area contributed by atoms with Crippen LogP contribution in [-0.2, 0) is 21.2 Å². The molecule has 2 aromatic heterocycles. The molecule has 0 saturated carbocycles. The summed E-state index contributed by atoms with van der Waals surface area (Å²) >= 11 is 0. The molecule has 2 aliphatic heterocycles. The molecular formula is C23H21F3N6O3S. The number of aromatic nitrogens is 3. The van der Waals surface area contributed by atoms with Crippen LogP contribution >= 0.6 is 0 Å². The van der Waals surface area contributed by atoms with E-state index in [0.29, 0.717) is 35.1 Å². The fourth-order valence-electron chi connectivity index (χ4n) is 4.37. The Balaban J connectivity index is 1.26. The van der Waals surface area contributed by atoms with Crippen LogP contribution in [0.4, 0.5) is 24.7 Å². The molecule has 0 atom stereocenters.